The van der Waals surface area contributed by atoms with Gasteiger partial charge in [0.25, 0.3) is 10.0 Å². The molecule has 0 N–H and O–H groups in total. The fraction of sp³-hybridized carbons (Fsp3) is 0.368. The smallest absolute Gasteiger partial charge is 0.262 e. The number of hydrogen-bond acceptors (Lipinski definition) is 4. The fourth-order valence-corrected chi connectivity index (χ4v) is 7.17. The normalized spacial score (nSPS) is 19.4. The van der Waals surface area contributed by atoms with E-state index < -0.39 is 25.9 Å². The maximum absolute atomic E-state index is 13.5. The van der Waals surface area contributed by atoms with Gasteiger partial charge in [-0.25, -0.2) is 16.8 Å². The van der Waals surface area contributed by atoms with Crippen LogP contribution in [0.4, 0.5) is 5.69 Å². The monoisotopic (exact) mass is 393 g/mol. The molecule has 26 heavy (non-hydrogen) atoms. The standard InChI is InChI=1S/C19H23NO4S2/c1-14-11-16(3)19(12-15(14)2)26(23,24)20(17-7-5-4-6-8-17)18-9-10-25(21,22)13-18/h4-8,11-12,18H,9-10,13H2,1-3H3/t18-/m1/s1. The summed E-state index contributed by atoms with van der Waals surface area (Å²) in [4.78, 5) is 0.230. The average molecular weight is 394 g/mol. The summed E-state index contributed by atoms with van der Waals surface area (Å²) in [6.07, 6.45) is 0.306. The Morgan fingerprint density at radius 1 is 0.962 bits per heavy atom. The van der Waals surface area contributed by atoms with Crippen molar-refractivity contribution >= 4 is 25.5 Å². The van der Waals surface area contributed by atoms with Crippen molar-refractivity contribution in [2.24, 2.45) is 0 Å². The van der Waals surface area contributed by atoms with Crippen molar-refractivity contribution in [2.75, 3.05) is 15.8 Å². The molecule has 2 aromatic rings. The first kappa shape index (κ1) is 18.9. The number of anilines is 1. The molecule has 0 aliphatic carbocycles. The second-order valence-electron chi connectivity index (χ2n) is 6.90. The number of hydrogen-bond donors (Lipinski definition) is 0. The molecule has 3 rings (SSSR count). The fourth-order valence-electron chi connectivity index (χ4n) is 3.40. The molecule has 1 atom stereocenters. The van der Waals surface area contributed by atoms with E-state index in [0.717, 1.165) is 11.1 Å². The van der Waals surface area contributed by atoms with Gasteiger partial charge in [-0.3, -0.25) is 4.31 Å². The molecule has 0 aromatic heterocycles. The third-order valence-corrected chi connectivity index (χ3v) is 8.65. The van der Waals surface area contributed by atoms with Crippen LogP contribution in [0.1, 0.15) is 23.1 Å². The summed E-state index contributed by atoms with van der Waals surface area (Å²) in [6, 6.07) is 11.7. The summed E-state index contributed by atoms with van der Waals surface area (Å²) in [7, 11) is -7.11. The largest absolute Gasteiger partial charge is 0.264 e. The summed E-state index contributed by atoms with van der Waals surface area (Å²) in [5, 5.41) is 0. The lowest BCUT2D eigenvalue weighted by Gasteiger charge is -2.30. The highest BCUT2D eigenvalue weighted by Gasteiger charge is 2.39. The van der Waals surface area contributed by atoms with Crippen molar-refractivity contribution in [3.05, 3.63) is 59.2 Å². The molecule has 0 amide bonds. The van der Waals surface area contributed by atoms with Crippen LogP contribution in [0.15, 0.2) is 47.4 Å². The van der Waals surface area contributed by atoms with E-state index in [4.69, 9.17) is 0 Å². The van der Waals surface area contributed by atoms with Crippen molar-refractivity contribution in [1.29, 1.82) is 0 Å². The van der Waals surface area contributed by atoms with Crippen LogP contribution in [0.3, 0.4) is 0 Å². The Morgan fingerprint density at radius 2 is 1.58 bits per heavy atom. The van der Waals surface area contributed by atoms with Crippen LogP contribution in [-0.4, -0.2) is 34.4 Å². The maximum atomic E-state index is 13.5. The van der Waals surface area contributed by atoms with Gasteiger partial charge in [0.1, 0.15) is 0 Å². The van der Waals surface area contributed by atoms with Gasteiger partial charge in [-0.1, -0.05) is 24.3 Å². The Morgan fingerprint density at radius 3 is 2.15 bits per heavy atom. The lowest BCUT2D eigenvalue weighted by atomic mass is 10.1. The minimum absolute atomic E-state index is 0.0163. The molecule has 0 saturated carbocycles. The highest BCUT2D eigenvalue weighted by atomic mass is 32.2. The third-order valence-electron chi connectivity index (χ3n) is 4.88. The van der Waals surface area contributed by atoms with Crippen LogP contribution < -0.4 is 4.31 Å². The van der Waals surface area contributed by atoms with Crippen molar-refractivity contribution in [1.82, 2.24) is 0 Å². The van der Waals surface area contributed by atoms with Crippen LogP contribution >= 0.6 is 0 Å². The topological polar surface area (TPSA) is 71.5 Å². The van der Waals surface area contributed by atoms with Crippen molar-refractivity contribution in [3.63, 3.8) is 0 Å². The Bertz CT molecular complexity index is 1030. The van der Waals surface area contributed by atoms with Gasteiger partial charge in [0.2, 0.25) is 0 Å². The van der Waals surface area contributed by atoms with Crippen LogP contribution in [0, 0.1) is 20.8 Å². The SMILES string of the molecule is Cc1cc(C)c(S(=O)(=O)N(c2ccccc2)[C@@H]2CCS(=O)(=O)C2)cc1C. The molecule has 140 valence electrons. The van der Waals surface area contributed by atoms with Gasteiger partial charge in [0.15, 0.2) is 9.84 Å². The zero-order valence-corrected chi connectivity index (χ0v) is 16.8. The second kappa shape index (κ2) is 6.70. The quantitative estimate of drug-likeness (QED) is 0.801. The van der Waals surface area contributed by atoms with E-state index >= 15 is 0 Å². The van der Waals surface area contributed by atoms with Gasteiger partial charge < -0.3 is 0 Å². The molecule has 1 aliphatic heterocycles. The summed E-state index contributed by atoms with van der Waals surface area (Å²) in [6.45, 7) is 5.59. The van der Waals surface area contributed by atoms with Crippen LogP contribution in [-0.2, 0) is 19.9 Å². The molecule has 0 radical (unpaired) electrons. The zero-order chi connectivity index (χ0) is 19.1. The number of rotatable bonds is 4. The summed E-state index contributed by atoms with van der Waals surface area (Å²) in [5.41, 5.74) is 3.07. The van der Waals surface area contributed by atoms with Gasteiger partial charge in [-0.15, -0.1) is 0 Å². The number of sulfonamides is 1. The van der Waals surface area contributed by atoms with Gasteiger partial charge in [-0.05, 0) is 62.1 Å². The van der Waals surface area contributed by atoms with E-state index in [-0.39, 0.29) is 16.4 Å². The molecule has 2 aromatic carbocycles. The molecular weight excluding hydrogens is 370 g/mol. The molecule has 1 saturated heterocycles. The molecular formula is C19H23NO4S2. The molecule has 0 spiro atoms. The minimum atomic E-state index is -3.89. The molecule has 0 unspecified atom stereocenters. The number of aryl methyl sites for hydroxylation is 3. The van der Waals surface area contributed by atoms with E-state index in [9.17, 15) is 16.8 Å². The predicted octanol–water partition coefficient (Wildman–Crippen LogP) is 2.99. The van der Waals surface area contributed by atoms with Crippen molar-refractivity contribution in [3.8, 4) is 0 Å². The third kappa shape index (κ3) is 3.50. The number of benzene rings is 2. The lowest BCUT2D eigenvalue weighted by Crippen LogP contribution is -2.41. The van der Waals surface area contributed by atoms with Gasteiger partial charge in [0.05, 0.1) is 28.1 Å². The van der Waals surface area contributed by atoms with E-state index in [0.29, 0.717) is 17.7 Å². The number of sulfone groups is 1. The Hall–Kier alpha value is -1.86. The zero-order valence-electron chi connectivity index (χ0n) is 15.1. The maximum Gasteiger partial charge on any atom is 0.264 e. The first-order valence-electron chi connectivity index (χ1n) is 8.49. The summed E-state index contributed by atoms with van der Waals surface area (Å²) >= 11 is 0. The first-order chi connectivity index (χ1) is 12.1. The molecule has 0 bridgehead atoms. The van der Waals surface area contributed by atoms with Gasteiger partial charge in [-0.2, -0.15) is 0 Å². The molecule has 5 nitrogen and oxygen atoms in total. The lowest BCUT2D eigenvalue weighted by molar-refractivity contribution is 0.579. The van der Waals surface area contributed by atoms with Crippen molar-refractivity contribution in [2.45, 2.75) is 38.1 Å². The summed E-state index contributed by atoms with van der Waals surface area (Å²) in [5.74, 6) is -0.132. The molecule has 1 fully saturated rings. The summed E-state index contributed by atoms with van der Waals surface area (Å²) < 4.78 is 52.4. The Balaban J connectivity index is 2.17. The number of nitrogens with zero attached hydrogens (tertiary/aromatic N) is 1. The Labute approximate surface area is 155 Å². The molecule has 7 heteroatoms. The Kier molecular flexibility index (Phi) is 4.88. The van der Waals surface area contributed by atoms with Crippen molar-refractivity contribution < 1.29 is 16.8 Å². The van der Waals surface area contributed by atoms with E-state index in [2.05, 4.69) is 0 Å². The molecule has 1 aliphatic rings. The highest BCUT2D eigenvalue weighted by Crippen LogP contribution is 2.32. The van der Waals surface area contributed by atoms with Gasteiger partial charge >= 0.3 is 0 Å². The van der Waals surface area contributed by atoms with E-state index in [1.54, 1.807) is 43.3 Å². The van der Waals surface area contributed by atoms with Crippen LogP contribution in [0.25, 0.3) is 0 Å². The molecule has 1 heterocycles. The van der Waals surface area contributed by atoms with E-state index in [1.807, 2.05) is 19.9 Å². The number of para-hydroxylation sites is 1. The average Bonchev–Trinajstić information content (AvgIpc) is 2.91. The highest BCUT2D eigenvalue weighted by molar-refractivity contribution is 7.93. The van der Waals surface area contributed by atoms with Gasteiger partial charge in [0, 0.05) is 0 Å². The minimum Gasteiger partial charge on any atom is -0.262 e. The van der Waals surface area contributed by atoms with Crippen LogP contribution in [0.2, 0.25) is 0 Å². The second-order valence-corrected chi connectivity index (χ2v) is 10.9. The first-order valence-corrected chi connectivity index (χ1v) is 11.8. The van der Waals surface area contributed by atoms with Crippen LogP contribution in [0.5, 0.6) is 0 Å². The van der Waals surface area contributed by atoms with E-state index in [1.165, 1.54) is 4.31 Å². The predicted molar refractivity (Wildman–Crippen MR) is 104 cm³/mol.